The lowest BCUT2D eigenvalue weighted by Gasteiger charge is -2.26. The quantitative estimate of drug-likeness (QED) is 0.0548. The van der Waals surface area contributed by atoms with Crippen LogP contribution in [-0.2, 0) is 32.0 Å². The van der Waals surface area contributed by atoms with Crippen molar-refractivity contribution in [2.75, 3.05) is 6.54 Å². The van der Waals surface area contributed by atoms with Gasteiger partial charge in [-0.05, 0) is 36.8 Å². The number of amides is 3. The molecule has 4 atom stereocenters. The van der Waals surface area contributed by atoms with E-state index in [1.165, 1.54) is 12.5 Å². The number of carbonyl (C=O) groups excluding carboxylic acids is 3. The van der Waals surface area contributed by atoms with Gasteiger partial charge in [0.05, 0.1) is 12.4 Å². The van der Waals surface area contributed by atoms with Gasteiger partial charge in [0.25, 0.3) is 0 Å². The average molecular weight is 611 g/mol. The highest BCUT2D eigenvalue weighted by Crippen LogP contribution is 2.19. The van der Waals surface area contributed by atoms with Gasteiger partial charge in [0.2, 0.25) is 17.7 Å². The summed E-state index contributed by atoms with van der Waals surface area (Å²) in [6.07, 6.45) is 5.67. The molecule has 15 heteroatoms. The van der Waals surface area contributed by atoms with Crippen molar-refractivity contribution < 1.29 is 24.3 Å². The van der Waals surface area contributed by atoms with Crippen LogP contribution in [0.2, 0.25) is 0 Å². The van der Waals surface area contributed by atoms with Crippen LogP contribution in [0.4, 0.5) is 0 Å². The molecule has 2 heterocycles. The Bertz CT molecular complexity index is 1430. The lowest BCUT2D eigenvalue weighted by atomic mass is 10.00. The molecule has 44 heavy (non-hydrogen) atoms. The van der Waals surface area contributed by atoms with Crippen LogP contribution >= 0.6 is 0 Å². The molecule has 0 saturated carbocycles. The Morgan fingerprint density at radius 1 is 0.955 bits per heavy atom. The SMILES string of the molecule is CC(C)CC(NC(=O)C(N)CCCN=C(N)N)C(=O)NC(Cc1c[nH]c2ccccc12)C(=O)NC(Cc1cnc[nH]1)C(=O)O. The third kappa shape index (κ3) is 10.1. The van der Waals surface area contributed by atoms with Crippen LogP contribution in [0.1, 0.15) is 44.4 Å². The number of aromatic amines is 2. The summed E-state index contributed by atoms with van der Waals surface area (Å²) < 4.78 is 0. The van der Waals surface area contributed by atoms with E-state index in [4.69, 9.17) is 17.2 Å². The maximum absolute atomic E-state index is 13.6. The molecule has 0 aliphatic carbocycles. The van der Waals surface area contributed by atoms with Gasteiger partial charge < -0.3 is 48.2 Å². The molecule has 4 unspecified atom stereocenters. The average Bonchev–Trinajstić information content (AvgIpc) is 3.63. The van der Waals surface area contributed by atoms with E-state index in [0.29, 0.717) is 18.7 Å². The van der Waals surface area contributed by atoms with Gasteiger partial charge in [-0.3, -0.25) is 19.4 Å². The van der Waals surface area contributed by atoms with E-state index >= 15 is 0 Å². The molecule has 238 valence electrons. The maximum atomic E-state index is 13.6. The van der Waals surface area contributed by atoms with E-state index in [2.05, 4.69) is 35.9 Å². The maximum Gasteiger partial charge on any atom is 0.326 e. The predicted octanol–water partition coefficient (Wildman–Crippen LogP) is -0.358. The van der Waals surface area contributed by atoms with Gasteiger partial charge in [-0.25, -0.2) is 9.78 Å². The first-order valence-corrected chi connectivity index (χ1v) is 14.4. The van der Waals surface area contributed by atoms with Gasteiger partial charge >= 0.3 is 5.97 Å². The number of aromatic nitrogens is 3. The number of carboxylic acids is 1. The number of hydrogen-bond acceptors (Lipinski definition) is 7. The first-order valence-electron chi connectivity index (χ1n) is 14.4. The second-order valence-electron chi connectivity index (χ2n) is 11.1. The number of guanidine groups is 1. The summed E-state index contributed by atoms with van der Waals surface area (Å²) in [6, 6.07) is 3.14. The molecule has 12 N–H and O–H groups in total. The van der Waals surface area contributed by atoms with Crippen LogP contribution in [0, 0.1) is 5.92 Å². The summed E-state index contributed by atoms with van der Waals surface area (Å²) in [6.45, 7) is 4.09. The van der Waals surface area contributed by atoms with Crippen molar-refractivity contribution in [3.05, 3.63) is 54.2 Å². The smallest absolute Gasteiger partial charge is 0.326 e. The molecule has 0 aliphatic heterocycles. The summed E-state index contributed by atoms with van der Waals surface area (Å²) in [5.41, 5.74) is 18.8. The molecule has 2 aromatic heterocycles. The van der Waals surface area contributed by atoms with Gasteiger partial charge in [-0.2, -0.15) is 0 Å². The molecule has 0 bridgehead atoms. The number of imidazole rings is 1. The molecule has 3 aromatic rings. The van der Waals surface area contributed by atoms with E-state index < -0.39 is 47.9 Å². The minimum absolute atomic E-state index is 0.0100. The number of carbonyl (C=O) groups is 4. The Balaban J connectivity index is 1.79. The molecular formula is C29H42N10O5. The lowest BCUT2D eigenvalue weighted by Crippen LogP contribution is -2.58. The van der Waals surface area contributed by atoms with Crippen molar-refractivity contribution in [3.8, 4) is 0 Å². The summed E-state index contributed by atoms with van der Waals surface area (Å²) >= 11 is 0. The molecule has 0 saturated heterocycles. The molecule has 0 aliphatic rings. The number of para-hydroxylation sites is 1. The number of nitrogens with one attached hydrogen (secondary N) is 5. The van der Waals surface area contributed by atoms with Crippen LogP contribution in [-0.4, -0.2) is 80.4 Å². The van der Waals surface area contributed by atoms with Crippen molar-refractivity contribution >= 4 is 40.6 Å². The van der Waals surface area contributed by atoms with E-state index in [1.807, 2.05) is 38.1 Å². The first-order chi connectivity index (χ1) is 20.9. The van der Waals surface area contributed by atoms with E-state index in [0.717, 1.165) is 16.5 Å². The third-order valence-corrected chi connectivity index (χ3v) is 6.97. The fraction of sp³-hybridized carbons (Fsp3) is 0.448. The Hall–Kier alpha value is -4.92. The van der Waals surface area contributed by atoms with Gasteiger partial charge in [0, 0.05) is 48.4 Å². The summed E-state index contributed by atoms with van der Waals surface area (Å²) in [7, 11) is 0. The highest BCUT2D eigenvalue weighted by atomic mass is 16.4. The Kier molecular flexibility index (Phi) is 12.3. The Labute approximate surface area is 254 Å². The second-order valence-corrected chi connectivity index (χ2v) is 11.1. The third-order valence-electron chi connectivity index (χ3n) is 6.97. The molecule has 3 rings (SSSR count). The highest BCUT2D eigenvalue weighted by molar-refractivity contribution is 5.95. The van der Waals surface area contributed by atoms with E-state index in [-0.39, 0.29) is 37.6 Å². The molecule has 3 amide bonds. The van der Waals surface area contributed by atoms with Crippen LogP contribution in [0.5, 0.6) is 0 Å². The second kappa shape index (κ2) is 16.1. The van der Waals surface area contributed by atoms with Crippen molar-refractivity contribution in [1.29, 1.82) is 0 Å². The zero-order valence-electron chi connectivity index (χ0n) is 24.9. The monoisotopic (exact) mass is 610 g/mol. The molecule has 0 radical (unpaired) electrons. The topological polar surface area (TPSA) is 259 Å². The molecule has 15 nitrogen and oxygen atoms in total. The van der Waals surface area contributed by atoms with Gasteiger partial charge in [-0.15, -0.1) is 0 Å². The minimum atomic E-state index is -1.28. The fourth-order valence-electron chi connectivity index (χ4n) is 4.72. The standard InChI is InChI=1S/C29H42N10O5/c1-16(2)10-22(37-25(40)20(30)7-5-9-34-29(31)32)26(41)38-23(11-17-13-35-21-8-4-3-6-19(17)21)27(42)39-24(28(43)44)12-18-14-33-15-36-18/h3-4,6,8,13-16,20,22-24,35H,5,7,9-12,30H2,1-2H3,(H,33,36)(H,37,40)(H,38,41)(H,39,42)(H,43,44)(H4,31,32,34). The fourth-order valence-corrected chi connectivity index (χ4v) is 4.72. The van der Waals surface area contributed by atoms with E-state index in [1.54, 1.807) is 6.20 Å². The van der Waals surface area contributed by atoms with Gasteiger partial charge in [0.15, 0.2) is 5.96 Å². The molecular weight excluding hydrogens is 568 g/mol. The lowest BCUT2D eigenvalue weighted by molar-refractivity contribution is -0.142. The zero-order valence-corrected chi connectivity index (χ0v) is 24.9. The number of nitrogens with two attached hydrogens (primary N) is 3. The number of H-pyrrole nitrogens is 2. The van der Waals surface area contributed by atoms with Crippen molar-refractivity contribution in [1.82, 2.24) is 30.9 Å². The first kappa shape index (κ1) is 33.6. The van der Waals surface area contributed by atoms with Crippen LogP contribution in [0.15, 0.2) is 48.0 Å². The number of hydrogen-bond donors (Lipinski definition) is 9. The Morgan fingerprint density at radius 3 is 2.30 bits per heavy atom. The number of aliphatic carboxylic acids is 1. The molecule has 0 spiro atoms. The number of fused-ring (bicyclic) bond motifs is 1. The normalized spacial score (nSPS) is 13.9. The number of rotatable bonds is 17. The van der Waals surface area contributed by atoms with Crippen LogP contribution in [0.25, 0.3) is 10.9 Å². The van der Waals surface area contributed by atoms with Crippen LogP contribution < -0.4 is 33.2 Å². The number of aliphatic imine (C=N–C) groups is 1. The number of benzene rings is 1. The summed E-state index contributed by atoms with van der Waals surface area (Å²) in [5.74, 6) is -3.11. The van der Waals surface area contributed by atoms with Crippen LogP contribution in [0.3, 0.4) is 0 Å². The minimum Gasteiger partial charge on any atom is -0.480 e. The van der Waals surface area contributed by atoms with Gasteiger partial charge in [-0.1, -0.05) is 32.0 Å². The highest BCUT2D eigenvalue weighted by Gasteiger charge is 2.31. The van der Waals surface area contributed by atoms with E-state index in [9.17, 15) is 24.3 Å². The molecule has 0 fully saturated rings. The largest absolute Gasteiger partial charge is 0.480 e. The van der Waals surface area contributed by atoms with Gasteiger partial charge in [0.1, 0.15) is 18.1 Å². The van der Waals surface area contributed by atoms with Crippen molar-refractivity contribution in [3.63, 3.8) is 0 Å². The number of carboxylic acid groups (broad SMARTS) is 1. The zero-order chi connectivity index (χ0) is 32.2. The summed E-state index contributed by atoms with van der Waals surface area (Å²) in [4.78, 5) is 65.9. The Morgan fingerprint density at radius 2 is 1.64 bits per heavy atom. The van der Waals surface area contributed by atoms with Crippen molar-refractivity contribution in [2.45, 2.75) is 70.1 Å². The number of nitrogens with zero attached hydrogens (tertiary/aromatic N) is 2. The predicted molar refractivity (Wildman–Crippen MR) is 165 cm³/mol. The molecule has 1 aromatic carbocycles. The summed E-state index contributed by atoms with van der Waals surface area (Å²) in [5, 5.41) is 18.7. The van der Waals surface area contributed by atoms with Crippen molar-refractivity contribution in [2.24, 2.45) is 28.1 Å².